The summed E-state index contributed by atoms with van der Waals surface area (Å²) in [5, 5.41) is 2.50. The van der Waals surface area contributed by atoms with Crippen molar-refractivity contribution < 1.29 is 9.18 Å². The fourth-order valence-corrected chi connectivity index (χ4v) is 1.76. The molecule has 0 unspecified atom stereocenters. The van der Waals surface area contributed by atoms with Gasteiger partial charge >= 0.3 is 0 Å². The predicted octanol–water partition coefficient (Wildman–Crippen LogP) is 2.79. The average Bonchev–Trinajstić information content (AvgIpc) is 2.26. The highest BCUT2D eigenvalue weighted by Crippen LogP contribution is 2.12. The van der Waals surface area contributed by atoms with Crippen LogP contribution >= 0.6 is 0 Å². The number of halogens is 1. The standard InChI is InChI=1S/C14H14FN3O/c1-8-4-5-11(12(15)6-8)13(19)18-14-16-9(2)7-10(3)17-14/h4-7H,1-3H3,(H,16,17,18,19). The van der Waals surface area contributed by atoms with Gasteiger partial charge < -0.3 is 0 Å². The fraction of sp³-hybridized carbons (Fsp3) is 0.214. The van der Waals surface area contributed by atoms with Gasteiger partial charge in [0.1, 0.15) is 5.82 Å². The van der Waals surface area contributed by atoms with Gasteiger partial charge in [-0.05, 0) is 44.5 Å². The van der Waals surface area contributed by atoms with Gasteiger partial charge in [0, 0.05) is 11.4 Å². The number of amides is 1. The van der Waals surface area contributed by atoms with Crippen molar-refractivity contribution in [2.45, 2.75) is 20.8 Å². The van der Waals surface area contributed by atoms with E-state index in [1.165, 1.54) is 12.1 Å². The number of benzene rings is 1. The molecule has 1 aromatic heterocycles. The van der Waals surface area contributed by atoms with Crippen LogP contribution in [-0.4, -0.2) is 15.9 Å². The van der Waals surface area contributed by atoms with Crippen molar-refractivity contribution in [3.63, 3.8) is 0 Å². The van der Waals surface area contributed by atoms with Crippen molar-refractivity contribution in [2.75, 3.05) is 5.32 Å². The summed E-state index contributed by atoms with van der Waals surface area (Å²) in [4.78, 5) is 20.1. The van der Waals surface area contributed by atoms with E-state index in [-0.39, 0.29) is 11.5 Å². The Kier molecular flexibility index (Phi) is 3.55. The summed E-state index contributed by atoms with van der Waals surface area (Å²) in [5.74, 6) is -0.924. The van der Waals surface area contributed by atoms with Crippen molar-refractivity contribution in [1.29, 1.82) is 0 Å². The molecular weight excluding hydrogens is 245 g/mol. The monoisotopic (exact) mass is 259 g/mol. The lowest BCUT2D eigenvalue weighted by molar-refractivity contribution is 0.102. The lowest BCUT2D eigenvalue weighted by atomic mass is 10.1. The van der Waals surface area contributed by atoms with Crippen LogP contribution in [0.25, 0.3) is 0 Å². The number of aromatic nitrogens is 2. The summed E-state index contributed by atoms with van der Waals surface area (Å²) in [7, 11) is 0. The quantitative estimate of drug-likeness (QED) is 0.902. The summed E-state index contributed by atoms with van der Waals surface area (Å²) >= 11 is 0. The molecule has 0 fully saturated rings. The Morgan fingerprint density at radius 1 is 1.11 bits per heavy atom. The molecule has 1 aromatic carbocycles. The first kappa shape index (κ1) is 13.1. The highest BCUT2D eigenvalue weighted by Gasteiger charge is 2.13. The first-order valence-corrected chi connectivity index (χ1v) is 5.85. The molecule has 0 saturated heterocycles. The van der Waals surface area contributed by atoms with E-state index >= 15 is 0 Å². The van der Waals surface area contributed by atoms with E-state index < -0.39 is 11.7 Å². The first-order valence-electron chi connectivity index (χ1n) is 5.85. The molecule has 0 bridgehead atoms. The zero-order valence-corrected chi connectivity index (χ0v) is 11.0. The molecule has 19 heavy (non-hydrogen) atoms. The van der Waals surface area contributed by atoms with Crippen molar-refractivity contribution in [2.24, 2.45) is 0 Å². The number of hydrogen-bond acceptors (Lipinski definition) is 3. The lowest BCUT2D eigenvalue weighted by Gasteiger charge is -2.06. The average molecular weight is 259 g/mol. The first-order chi connectivity index (χ1) is 8.95. The second-order valence-electron chi connectivity index (χ2n) is 4.41. The smallest absolute Gasteiger partial charge is 0.260 e. The lowest BCUT2D eigenvalue weighted by Crippen LogP contribution is -2.16. The van der Waals surface area contributed by atoms with E-state index in [2.05, 4.69) is 15.3 Å². The molecule has 0 spiro atoms. The Bertz CT molecular complexity index is 620. The summed E-state index contributed by atoms with van der Waals surface area (Å²) in [5.41, 5.74) is 2.23. The van der Waals surface area contributed by atoms with E-state index in [0.717, 1.165) is 17.0 Å². The number of anilines is 1. The van der Waals surface area contributed by atoms with Gasteiger partial charge in [0.2, 0.25) is 5.95 Å². The minimum atomic E-state index is -0.554. The molecule has 1 heterocycles. The maximum atomic E-state index is 13.7. The fourth-order valence-electron chi connectivity index (χ4n) is 1.76. The molecule has 0 atom stereocenters. The van der Waals surface area contributed by atoms with E-state index in [1.807, 2.05) is 0 Å². The minimum absolute atomic E-state index is 0.0200. The molecule has 2 aromatic rings. The van der Waals surface area contributed by atoms with E-state index in [9.17, 15) is 9.18 Å². The van der Waals surface area contributed by atoms with Crippen LogP contribution in [0.2, 0.25) is 0 Å². The van der Waals surface area contributed by atoms with Gasteiger partial charge in [-0.3, -0.25) is 10.1 Å². The van der Waals surface area contributed by atoms with Crippen molar-refractivity contribution in [1.82, 2.24) is 9.97 Å². The molecule has 4 nitrogen and oxygen atoms in total. The number of nitrogens with one attached hydrogen (secondary N) is 1. The topological polar surface area (TPSA) is 54.9 Å². The molecule has 0 radical (unpaired) electrons. The number of carbonyl (C=O) groups excluding carboxylic acids is 1. The maximum absolute atomic E-state index is 13.7. The number of hydrogen-bond donors (Lipinski definition) is 1. The number of aryl methyl sites for hydroxylation is 3. The second kappa shape index (κ2) is 5.14. The van der Waals surface area contributed by atoms with Crippen LogP contribution in [0.4, 0.5) is 10.3 Å². The molecular formula is C14H14FN3O. The van der Waals surface area contributed by atoms with Crippen LogP contribution in [0.5, 0.6) is 0 Å². The molecule has 0 aliphatic carbocycles. The Morgan fingerprint density at radius 3 is 2.32 bits per heavy atom. The zero-order chi connectivity index (χ0) is 14.0. The molecule has 1 amide bonds. The van der Waals surface area contributed by atoms with Crippen LogP contribution in [0, 0.1) is 26.6 Å². The third-order valence-corrected chi connectivity index (χ3v) is 2.58. The van der Waals surface area contributed by atoms with E-state index in [4.69, 9.17) is 0 Å². The van der Waals surface area contributed by atoms with Gasteiger partial charge in [0.05, 0.1) is 5.56 Å². The number of rotatable bonds is 2. The minimum Gasteiger partial charge on any atom is -0.290 e. The van der Waals surface area contributed by atoms with E-state index in [1.54, 1.807) is 32.9 Å². The Labute approximate surface area is 110 Å². The van der Waals surface area contributed by atoms with Crippen LogP contribution < -0.4 is 5.32 Å². The Morgan fingerprint density at radius 2 is 1.74 bits per heavy atom. The van der Waals surface area contributed by atoms with Crippen LogP contribution in [0.1, 0.15) is 27.3 Å². The molecule has 98 valence electrons. The number of nitrogens with zero attached hydrogens (tertiary/aromatic N) is 2. The Hall–Kier alpha value is -2.30. The third-order valence-electron chi connectivity index (χ3n) is 2.58. The third kappa shape index (κ3) is 3.13. The van der Waals surface area contributed by atoms with Gasteiger partial charge in [-0.15, -0.1) is 0 Å². The highest BCUT2D eigenvalue weighted by molar-refractivity contribution is 6.03. The molecule has 1 N–H and O–H groups in total. The van der Waals surface area contributed by atoms with Gasteiger partial charge in [-0.1, -0.05) is 6.07 Å². The summed E-state index contributed by atoms with van der Waals surface area (Å²) < 4.78 is 13.7. The van der Waals surface area contributed by atoms with E-state index in [0.29, 0.717) is 0 Å². The van der Waals surface area contributed by atoms with Crippen LogP contribution in [0.15, 0.2) is 24.3 Å². The molecule has 0 aliphatic rings. The van der Waals surface area contributed by atoms with Gasteiger partial charge in [0.15, 0.2) is 0 Å². The maximum Gasteiger partial charge on any atom is 0.260 e. The molecule has 0 saturated carbocycles. The van der Waals surface area contributed by atoms with Crippen molar-refractivity contribution >= 4 is 11.9 Å². The van der Waals surface area contributed by atoms with Crippen molar-refractivity contribution in [3.8, 4) is 0 Å². The zero-order valence-electron chi connectivity index (χ0n) is 11.0. The summed E-state index contributed by atoms with van der Waals surface area (Å²) in [6.45, 7) is 5.37. The normalized spacial score (nSPS) is 10.3. The number of carbonyl (C=O) groups is 1. The largest absolute Gasteiger partial charge is 0.290 e. The summed E-state index contributed by atoms with van der Waals surface area (Å²) in [6.07, 6.45) is 0. The van der Waals surface area contributed by atoms with Crippen molar-refractivity contribution in [3.05, 3.63) is 52.6 Å². The molecule has 0 aliphatic heterocycles. The van der Waals surface area contributed by atoms with Gasteiger partial charge in [-0.25, -0.2) is 14.4 Å². The van der Waals surface area contributed by atoms with Crippen LogP contribution in [0.3, 0.4) is 0 Å². The Balaban J connectivity index is 2.25. The highest BCUT2D eigenvalue weighted by atomic mass is 19.1. The van der Waals surface area contributed by atoms with Gasteiger partial charge in [0.25, 0.3) is 5.91 Å². The molecule has 2 rings (SSSR count). The predicted molar refractivity (Wildman–Crippen MR) is 70.6 cm³/mol. The molecule has 5 heteroatoms. The second-order valence-corrected chi connectivity index (χ2v) is 4.41. The van der Waals surface area contributed by atoms with Gasteiger partial charge in [-0.2, -0.15) is 0 Å². The SMILES string of the molecule is Cc1ccc(C(=O)Nc2nc(C)cc(C)n2)c(F)c1. The van der Waals surface area contributed by atoms with Crippen LogP contribution in [-0.2, 0) is 0 Å². The summed E-state index contributed by atoms with van der Waals surface area (Å²) in [6, 6.07) is 6.24.